The van der Waals surface area contributed by atoms with Gasteiger partial charge in [0.15, 0.2) is 0 Å². The first-order valence-corrected chi connectivity index (χ1v) is 4.26. The van der Waals surface area contributed by atoms with Crippen molar-refractivity contribution in [3.8, 4) is 0 Å². The molecule has 0 amide bonds. The normalized spacial score (nSPS) is 18.2. The minimum atomic E-state index is 0.175. The van der Waals surface area contributed by atoms with Gasteiger partial charge in [0.25, 0.3) is 0 Å². The van der Waals surface area contributed by atoms with E-state index in [1.807, 2.05) is 6.08 Å². The topological polar surface area (TPSA) is 0 Å². The Morgan fingerprint density at radius 1 is 1.45 bits per heavy atom. The van der Waals surface area contributed by atoms with Crippen molar-refractivity contribution in [1.29, 1.82) is 0 Å². The highest BCUT2D eigenvalue weighted by Gasteiger charge is 2.25. The van der Waals surface area contributed by atoms with E-state index in [2.05, 4.69) is 47.3 Å². The molecule has 0 N–H and O–H groups in total. The molecule has 0 aliphatic carbocycles. The highest BCUT2D eigenvalue weighted by atomic mass is 14.3. The summed E-state index contributed by atoms with van der Waals surface area (Å²) in [6, 6.07) is 0. The van der Waals surface area contributed by atoms with Crippen LogP contribution in [-0.4, -0.2) is 0 Å². The van der Waals surface area contributed by atoms with E-state index in [-0.39, 0.29) is 5.41 Å². The van der Waals surface area contributed by atoms with E-state index >= 15 is 0 Å². The molecule has 0 saturated carbocycles. The summed E-state index contributed by atoms with van der Waals surface area (Å²) in [5.74, 6) is 0.621. The SMILES string of the molecule is C=CC(C)(C(C)=CC)C(C)C. The van der Waals surface area contributed by atoms with E-state index in [1.54, 1.807) is 0 Å². The molecule has 0 heteroatoms. The number of rotatable bonds is 3. The van der Waals surface area contributed by atoms with Crippen molar-refractivity contribution in [3.63, 3.8) is 0 Å². The van der Waals surface area contributed by atoms with Crippen molar-refractivity contribution < 1.29 is 0 Å². The van der Waals surface area contributed by atoms with Gasteiger partial charge < -0.3 is 0 Å². The molecule has 64 valence electrons. The molecule has 0 spiro atoms. The summed E-state index contributed by atoms with van der Waals surface area (Å²) < 4.78 is 0. The zero-order valence-electron chi connectivity index (χ0n) is 8.44. The average molecular weight is 152 g/mol. The van der Waals surface area contributed by atoms with Crippen LogP contribution in [-0.2, 0) is 0 Å². The van der Waals surface area contributed by atoms with Gasteiger partial charge in [0.1, 0.15) is 0 Å². The molecule has 0 heterocycles. The van der Waals surface area contributed by atoms with E-state index in [4.69, 9.17) is 0 Å². The molecule has 1 atom stereocenters. The van der Waals surface area contributed by atoms with Crippen LogP contribution in [0, 0.1) is 11.3 Å². The Labute approximate surface area is 71.0 Å². The summed E-state index contributed by atoms with van der Waals surface area (Å²) in [6.45, 7) is 14.8. The van der Waals surface area contributed by atoms with E-state index < -0.39 is 0 Å². The molecule has 0 aliphatic rings. The van der Waals surface area contributed by atoms with Crippen LogP contribution in [0.4, 0.5) is 0 Å². The third-order valence-corrected chi connectivity index (χ3v) is 2.91. The Bertz CT molecular complexity index is 163. The molecule has 1 unspecified atom stereocenters. The fourth-order valence-electron chi connectivity index (χ4n) is 1.16. The average Bonchev–Trinajstić information content (AvgIpc) is 2.01. The third kappa shape index (κ3) is 1.95. The van der Waals surface area contributed by atoms with Crippen LogP contribution in [0.2, 0.25) is 0 Å². The monoisotopic (exact) mass is 152 g/mol. The van der Waals surface area contributed by atoms with Gasteiger partial charge in [-0.05, 0) is 19.8 Å². The van der Waals surface area contributed by atoms with Crippen LogP contribution in [0.1, 0.15) is 34.6 Å². The fraction of sp³-hybridized carbons (Fsp3) is 0.636. The van der Waals surface area contributed by atoms with Gasteiger partial charge in [-0.1, -0.05) is 38.5 Å². The fourth-order valence-corrected chi connectivity index (χ4v) is 1.16. The molecular weight excluding hydrogens is 132 g/mol. The molecule has 11 heavy (non-hydrogen) atoms. The lowest BCUT2D eigenvalue weighted by Crippen LogP contribution is -2.21. The predicted molar refractivity (Wildman–Crippen MR) is 52.6 cm³/mol. The van der Waals surface area contributed by atoms with Crippen LogP contribution >= 0.6 is 0 Å². The predicted octanol–water partition coefficient (Wildman–Crippen LogP) is 3.80. The van der Waals surface area contributed by atoms with Gasteiger partial charge in [0.2, 0.25) is 0 Å². The van der Waals surface area contributed by atoms with Gasteiger partial charge in [-0.2, -0.15) is 0 Å². The van der Waals surface area contributed by atoms with Crippen LogP contribution in [0.3, 0.4) is 0 Å². The first kappa shape index (κ1) is 10.5. The molecule has 0 aromatic carbocycles. The Kier molecular flexibility index (Phi) is 3.57. The molecule has 0 fully saturated rings. The second-order valence-electron chi connectivity index (χ2n) is 3.61. The quantitative estimate of drug-likeness (QED) is 0.539. The van der Waals surface area contributed by atoms with Crippen molar-refractivity contribution in [3.05, 3.63) is 24.3 Å². The Morgan fingerprint density at radius 2 is 1.91 bits per heavy atom. The van der Waals surface area contributed by atoms with Crippen molar-refractivity contribution in [2.24, 2.45) is 11.3 Å². The summed E-state index contributed by atoms with van der Waals surface area (Å²) in [6.07, 6.45) is 4.22. The van der Waals surface area contributed by atoms with Gasteiger partial charge in [0.05, 0.1) is 0 Å². The lowest BCUT2D eigenvalue weighted by molar-refractivity contribution is 0.359. The minimum absolute atomic E-state index is 0.175. The number of allylic oxidation sites excluding steroid dienone is 3. The maximum Gasteiger partial charge on any atom is 0.00799 e. The zero-order chi connectivity index (χ0) is 9.07. The summed E-state index contributed by atoms with van der Waals surface area (Å²) in [5.41, 5.74) is 1.58. The second kappa shape index (κ2) is 3.75. The summed E-state index contributed by atoms with van der Waals surface area (Å²) in [5, 5.41) is 0. The summed E-state index contributed by atoms with van der Waals surface area (Å²) in [7, 11) is 0. The van der Waals surface area contributed by atoms with Crippen LogP contribution in [0.15, 0.2) is 24.3 Å². The number of hydrogen-bond acceptors (Lipinski definition) is 0. The van der Waals surface area contributed by atoms with E-state index in [0.29, 0.717) is 5.92 Å². The van der Waals surface area contributed by atoms with E-state index in [9.17, 15) is 0 Å². The number of hydrogen-bond donors (Lipinski definition) is 0. The maximum absolute atomic E-state index is 3.88. The molecule has 0 bridgehead atoms. The van der Waals surface area contributed by atoms with Gasteiger partial charge in [-0.25, -0.2) is 0 Å². The molecule has 0 nitrogen and oxygen atoms in total. The van der Waals surface area contributed by atoms with Crippen LogP contribution in [0.5, 0.6) is 0 Å². The summed E-state index contributed by atoms with van der Waals surface area (Å²) in [4.78, 5) is 0. The lowest BCUT2D eigenvalue weighted by atomic mass is 9.73. The second-order valence-corrected chi connectivity index (χ2v) is 3.61. The smallest absolute Gasteiger partial charge is 0.00799 e. The van der Waals surface area contributed by atoms with Crippen LogP contribution in [0.25, 0.3) is 0 Å². The zero-order valence-corrected chi connectivity index (χ0v) is 8.44. The molecule has 0 aliphatic heterocycles. The third-order valence-electron chi connectivity index (χ3n) is 2.91. The first-order valence-electron chi connectivity index (χ1n) is 4.26. The van der Waals surface area contributed by atoms with Crippen LogP contribution < -0.4 is 0 Å². The Hall–Kier alpha value is -0.520. The summed E-state index contributed by atoms with van der Waals surface area (Å²) >= 11 is 0. The maximum atomic E-state index is 3.88. The standard InChI is InChI=1S/C11H20/c1-7-10(5)11(6,8-2)9(3)4/h7-9H,2H2,1,3-6H3. The molecule has 0 aromatic rings. The molecule has 0 rings (SSSR count). The lowest BCUT2D eigenvalue weighted by Gasteiger charge is -2.31. The van der Waals surface area contributed by atoms with Crippen molar-refractivity contribution in [2.75, 3.05) is 0 Å². The Morgan fingerprint density at radius 3 is 2.00 bits per heavy atom. The van der Waals surface area contributed by atoms with Crippen molar-refractivity contribution in [1.82, 2.24) is 0 Å². The highest BCUT2D eigenvalue weighted by Crippen LogP contribution is 2.35. The van der Waals surface area contributed by atoms with Crippen molar-refractivity contribution >= 4 is 0 Å². The van der Waals surface area contributed by atoms with E-state index in [1.165, 1.54) is 5.57 Å². The van der Waals surface area contributed by atoms with Gasteiger partial charge in [-0.15, -0.1) is 6.58 Å². The van der Waals surface area contributed by atoms with Gasteiger partial charge >= 0.3 is 0 Å². The minimum Gasteiger partial charge on any atom is -0.102 e. The Balaban J connectivity index is 4.74. The van der Waals surface area contributed by atoms with Gasteiger partial charge in [0, 0.05) is 5.41 Å². The first-order chi connectivity index (χ1) is 4.99. The molecule has 0 radical (unpaired) electrons. The molecule has 0 aromatic heterocycles. The van der Waals surface area contributed by atoms with E-state index in [0.717, 1.165) is 0 Å². The largest absolute Gasteiger partial charge is 0.102 e. The highest BCUT2D eigenvalue weighted by molar-refractivity contribution is 5.17. The molecule has 0 saturated heterocycles. The molecular formula is C11H20. The van der Waals surface area contributed by atoms with Gasteiger partial charge in [-0.3, -0.25) is 0 Å². The van der Waals surface area contributed by atoms with Crippen molar-refractivity contribution in [2.45, 2.75) is 34.6 Å².